The van der Waals surface area contributed by atoms with Crippen molar-refractivity contribution < 1.29 is 0 Å². The smallest absolute Gasteiger partial charge is 0.333 e. The molecule has 0 N–H and O–H groups in total. The van der Waals surface area contributed by atoms with Crippen LogP contribution in [0, 0.1) is 6.92 Å². The van der Waals surface area contributed by atoms with Crippen molar-refractivity contribution in [2.24, 2.45) is 0 Å². The van der Waals surface area contributed by atoms with Crippen LogP contribution in [0.5, 0.6) is 0 Å². The van der Waals surface area contributed by atoms with E-state index in [-0.39, 0.29) is 6.85 Å². The second kappa shape index (κ2) is 11.5. The summed E-state index contributed by atoms with van der Waals surface area (Å²) in [6.45, 7) is 6.78. The Kier molecular flexibility index (Phi) is 6.43. The van der Waals surface area contributed by atoms with Crippen molar-refractivity contribution in [2.45, 2.75) is 6.92 Å². The second-order valence-corrected chi connectivity index (χ2v) is 15.6. The zero-order chi connectivity index (χ0) is 37.2. The van der Waals surface area contributed by atoms with Crippen molar-refractivity contribution in [2.75, 3.05) is 16.8 Å². The summed E-state index contributed by atoms with van der Waals surface area (Å²) >= 11 is 0. The first-order valence-corrected chi connectivity index (χ1v) is 19.5. The van der Waals surface area contributed by atoms with E-state index in [0.717, 1.165) is 22.5 Å². The first kappa shape index (κ1) is 31.3. The summed E-state index contributed by atoms with van der Waals surface area (Å²) < 4.78 is 2.60. The highest BCUT2D eigenvalue weighted by molar-refractivity contribution is 6.93. The number of anilines is 3. The van der Waals surface area contributed by atoms with Gasteiger partial charge in [0.15, 0.2) is 0 Å². The van der Waals surface area contributed by atoms with Gasteiger partial charge in [0.2, 0.25) is 0 Å². The third-order valence-electron chi connectivity index (χ3n) is 12.4. The molecule has 0 saturated carbocycles. The lowest BCUT2D eigenvalue weighted by Gasteiger charge is -2.43. The predicted octanol–water partition coefficient (Wildman–Crippen LogP) is 11.7. The van der Waals surface area contributed by atoms with E-state index >= 15 is 0 Å². The molecule has 0 atom stereocenters. The summed E-state index contributed by atoms with van der Waals surface area (Å²) in [5, 5.41) is 5.06. The minimum atomic E-state index is -0.0842. The topological polar surface area (TPSA) is 11.4 Å². The van der Waals surface area contributed by atoms with Gasteiger partial charge in [0.1, 0.15) is 0 Å². The summed E-state index contributed by atoms with van der Waals surface area (Å²) in [4.78, 5) is 4.95. The SMILES string of the molecule is C=C1C=C(c2ccccc2)N(C)c2cc3c(cc21)B1c2c(cc(-c4ccccc4)c4c5cc6ccccc6cc5n-3c24)-c2ccccc2N1c1ccc(C)cc1. The van der Waals surface area contributed by atoms with E-state index in [2.05, 4.69) is 198 Å². The molecule has 8 aromatic carbocycles. The van der Waals surface area contributed by atoms with E-state index in [1.54, 1.807) is 0 Å². The normalized spacial score (nSPS) is 13.9. The summed E-state index contributed by atoms with van der Waals surface area (Å²) in [7, 11) is 2.20. The predicted molar refractivity (Wildman–Crippen MR) is 239 cm³/mol. The monoisotopic (exact) mass is 713 g/mol. The van der Waals surface area contributed by atoms with Crippen molar-refractivity contribution in [1.82, 2.24) is 4.57 Å². The summed E-state index contributed by atoms with van der Waals surface area (Å²) in [5.74, 6) is 0. The lowest BCUT2D eigenvalue weighted by atomic mass is 9.43. The maximum absolute atomic E-state index is 4.70. The minimum absolute atomic E-state index is 0.0842. The van der Waals surface area contributed by atoms with Gasteiger partial charge in [-0.15, -0.1) is 0 Å². The van der Waals surface area contributed by atoms with E-state index < -0.39 is 0 Å². The van der Waals surface area contributed by atoms with Gasteiger partial charge in [-0.25, -0.2) is 0 Å². The molecule has 0 saturated heterocycles. The molecule has 0 aliphatic carbocycles. The third kappa shape index (κ3) is 4.24. The van der Waals surface area contributed by atoms with Crippen molar-refractivity contribution in [1.29, 1.82) is 0 Å². The summed E-state index contributed by atoms with van der Waals surface area (Å²) in [5.41, 5.74) is 20.7. The first-order chi connectivity index (χ1) is 27.5. The molecule has 0 unspecified atom stereocenters. The van der Waals surface area contributed by atoms with Crippen molar-refractivity contribution >= 4 is 78.7 Å². The molecule has 56 heavy (non-hydrogen) atoms. The fourth-order valence-corrected chi connectivity index (χ4v) is 9.88. The zero-order valence-corrected chi connectivity index (χ0v) is 31.3. The van der Waals surface area contributed by atoms with E-state index in [1.165, 1.54) is 93.9 Å². The molecule has 0 amide bonds. The highest BCUT2D eigenvalue weighted by Crippen LogP contribution is 2.49. The zero-order valence-electron chi connectivity index (χ0n) is 31.3. The Balaban J connectivity index is 1.27. The number of benzene rings is 8. The van der Waals surface area contributed by atoms with Crippen LogP contribution in [-0.4, -0.2) is 18.5 Å². The van der Waals surface area contributed by atoms with E-state index in [9.17, 15) is 0 Å². The Morgan fingerprint density at radius 1 is 0.554 bits per heavy atom. The Labute approximate surface area is 326 Å². The van der Waals surface area contributed by atoms with Crippen LogP contribution in [0.3, 0.4) is 0 Å². The van der Waals surface area contributed by atoms with Crippen LogP contribution in [0.2, 0.25) is 0 Å². The molecule has 0 spiro atoms. The molecule has 1 aromatic heterocycles. The number of aromatic nitrogens is 1. The van der Waals surface area contributed by atoms with Gasteiger partial charge in [-0.1, -0.05) is 133 Å². The van der Waals surface area contributed by atoms with E-state index in [0.29, 0.717) is 0 Å². The molecule has 3 aliphatic rings. The van der Waals surface area contributed by atoms with Crippen LogP contribution in [0.15, 0.2) is 176 Å². The minimum Gasteiger partial charge on any atom is -0.376 e. The van der Waals surface area contributed by atoms with Gasteiger partial charge in [0, 0.05) is 51.7 Å². The molecule has 0 bridgehead atoms. The van der Waals surface area contributed by atoms with Crippen LogP contribution < -0.4 is 20.6 Å². The number of hydrogen-bond acceptors (Lipinski definition) is 2. The van der Waals surface area contributed by atoms with Crippen LogP contribution in [-0.2, 0) is 0 Å². The van der Waals surface area contributed by atoms with Gasteiger partial charge in [0.05, 0.1) is 16.7 Å². The number of nitrogens with zero attached hydrogens (tertiary/aromatic N) is 3. The summed E-state index contributed by atoms with van der Waals surface area (Å²) in [6.07, 6.45) is 2.25. The Morgan fingerprint density at radius 2 is 1.23 bits per heavy atom. The molecular weight excluding hydrogens is 677 g/mol. The van der Waals surface area contributed by atoms with Gasteiger partial charge in [-0.2, -0.15) is 0 Å². The van der Waals surface area contributed by atoms with Crippen molar-refractivity contribution in [3.63, 3.8) is 0 Å². The number of rotatable bonds is 3. The molecule has 4 heterocycles. The van der Waals surface area contributed by atoms with Gasteiger partial charge >= 0.3 is 6.85 Å². The number of hydrogen-bond donors (Lipinski definition) is 0. The standard InChI is InChI=1S/C52H36BN3/c1-32-22-24-38(25-23-32)56-45-21-13-12-20-39(45)42-29-41(34-14-6-4-7-15-34)50-43-27-36-18-10-11-19-37(36)28-48(43)55-49-31-47-40(30-44(49)53(56)51(42)52(50)55)33(2)26-46(54(47)3)35-16-8-5-9-17-35/h4-31H,2H2,1,3H3. The number of para-hydroxylation sites is 1. The van der Waals surface area contributed by atoms with Gasteiger partial charge < -0.3 is 14.3 Å². The molecule has 4 heteroatoms. The lowest BCUT2D eigenvalue weighted by molar-refractivity contribution is 1.15. The molecule has 3 aliphatic heterocycles. The van der Waals surface area contributed by atoms with Crippen LogP contribution in [0.1, 0.15) is 16.7 Å². The largest absolute Gasteiger partial charge is 0.376 e. The highest BCUT2D eigenvalue weighted by Gasteiger charge is 2.45. The van der Waals surface area contributed by atoms with Crippen LogP contribution >= 0.6 is 0 Å². The number of fused-ring (bicyclic) bond motifs is 10. The van der Waals surface area contributed by atoms with E-state index in [4.69, 9.17) is 6.58 Å². The molecular formula is C52H36BN3. The lowest BCUT2D eigenvalue weighted by Crippen LogP contribution is -2.60. The average molecular weight is 714 g/mol. The maximum atomic E-state index is 4.70. The maximum Gasteiger partial charge on any atom is 0.333 e. The second-order valence-electron chi connectivity index (χ2n) is 15.6. The Hall–Kier alpha value is -7.04. The number of aryl methyl sites for hydroxylation is 1. The molecule has 0 radical (unpaired) electrons. The van der Waals surface area contributed by atoms with Crippen LogP contribution in [0.4, 0.5) is 17.1 Å². The van der Waals surface area contributed by atoms with Crippen molar-refractivity contribution in [3.05, 3.63) is 193 Å². The Bertz CT molecular complexity index is 3170. The number of allylic oxidation sites excluding steroid dienone is 2. The average Bonchev–Trinajstić information content (AvgIpc) is 3.58. The van der Waals surface area contributed by atoms with Gasteiger partial charge in [-0.05, 0) is 105 Å². The van der Waals surface area contributed by atoms with Gasteiger partial charge in [0.25, 0.3) is 0 Å². The summed E-state index contributed by atoms with van der Waals surface area (Å²) in [6, 6.07) is 60.8. The first-order valence-electron chi connectivity index (χ1n) is 19.5. The molecule has 12 rings (SSSR count). The molecule has 9 aromatic rings. The molecule has 0 fully saturated rings. The molecule has 262 valence electrons. The highest BCUT2D eigenvalue weighted by atomic mass is 15.1. The van der Waals surface area contributed by atoms with E-state index in [1.807, 2.05) is 0 Å². The van der Waals surface area contributed by atoms with Crippen LogP contribution in [0.25, 0.3) is 71.8 Å². The Morgan fingerprint density at radius 3 is 2.00 bits per heavy atom. The van der Waals surface area contributed by atoms with Gasteiger partial charge in [-0.3, -0.25) is 0 Å². The fraction of sp³-hybridized carbons (Fsp3) is 0.0385. The quantitative estimate of drug-likeness (QED) is 0.169. The molecule has 3 nitrogen and oxygen atoms in total. The third-order valence-corrected chi connectivity index (χ3v) is 12.4. The van der Waals surface area contributed by atoms with Crippen molar-refractivity contribution in [3.8, 4) is 27.9 Å². The fourth-order valence-electron chi connectivity index (χ4n) is 9.88.